The topological polar surface area (TPSA) is 38.3 Å². The van der Waals surface area contributed by atoms with Crippen LogP contribution in [-0.2, 0) is 17.8 Å². The van der Waals surface area contributed by atoms with Crippen LogP contribution in [0.15, 0.2) is 48.5 Å². The van der Waals surface area contributed by atoms with Gasteiger partial charge in [-0.15, -0.1) is 0 Å². The summed E-state index contributed by atoms with van der Waals surface area (Å²) < 4.78 is 5.52. The quantitative estimate of drug-likeness (QED) is 0.868. The zero-order chi connectivity index (χ0) is 13.9. The summed E-state index contributed by atoms with van der Waals surface area (Å²) in [7, 11) is 0. The van der Waals surface area contributed by atoms with Crippen molar-refractivity contribution in [1.29, 1.82) is 0 Å². The molecule has 1 unspecified atom stereocenters. The third kappa shape index (κ3) is 2.58. The smallest absolute Gasteiger partial charge is 0.338 e. The first-order valence-electron chi connectivity index (χ1n) is 6.82. The summed E-state index contributed by atoms with van der Waals surface area (Å²) >= 11 is 0. The molecule has 1 heterocycles. The molecule has 0 fully saturated rings. The fraction of sp³-hybridized carbons (Fsp3) is 0.235. The first-order valence-corrected chi connectivity index (χ1v) is 6.82. The average molecular weight is 267 g/mol. The van der Waals surface area contributed by atoms with Gasteiger partial charge in [0.05, 0.1) is 5.56 Å². The molecule has 1 aliphatic heterocycles. The molecule has 1 N–H and O–H groups in total. The summed E-state index contributed by atoms with van der Waals surface area (Å²) in [5.74, 6) is -0.268. The molecule has 0 aromatic heterocycles. The van der Waals surface area contributed by atoms with Crippen LogP contribution < -0.4 is 5.32 Å². The van der Waals surface area contributed by atoms with Gasteiger partial charge in [0.1, 0.15) is 6.10 Å². The van der Waals surface area contributed by atoms with Gasteiger partial charge in [0.25, 0.3) is 0 Å². The molecule has 0 spiro atoms. The highest BCUT2D eigenvalue weighted by molar-refractivity contribution is 5.90. The highest BCUT2D eigenvalue weighted by atomic mass is 16.5. The number of nitrogens with one attached hydrogen (secondary N) is 1. The summed E-state index contributed by atoms with van der Waals surface area (Å²) in [5.41, 5.74) is 4.07. The monoisotopic (exact) mass is 267 g/mol. The van der Waals surface area contributed by atoms with E-state index < -0.39 is 0 Å². The van der Waals surface area contributed by atoms with E-state index in [1.807, 2.05) is 55.5 Å². The van der Waals surface area contributed by atoms with Crippen LogP contribution in [0.1, 0.15) is 40.1 Å². The minimum Gasteiger partial charge on any atom is -0.454 e. The number of ether oxygens (including phenoxy) is 1. The van der Waals surface area contributed by atoms with Crippen molar-refractivity contribution in [3.8, 4) is 0 Å². The Morgan fingerprint density at radius 1 is 1.10 bits per heavy atom. The van der Waals surface area contributed by atoms with Gasteiger partial charge in [0, 0.05) is 13.1 Å². The van der Waals surface area contributed by atoms with E-state index in [0.29, 0.717) is 5.56 Å². The fourth-order valence-corrected chi connectivity index (χ4v) is 2.44. The molecule has 0 amide bonds. The first kappa shape index (κ1) is 12.9. The number of benzene rings is 2. The highest BCUT2D eigenvalue weighted by Gasteiger charge is 2.16. The number of hydrogen-bond acceptors (Lipinski definition) is 3. The number of esters is 1. The normalized spacial score (nSPS) is 14.7. The van der Waals surface area contributed by atoms with Gasteiger partial charge in [-0.05, 0) is 35.7 Å². The van der Waals surface area contributed by atoms with E-state index in [1.54, 1.807) is 0 Å². The number of hydrogen-bond donors (Lipinski definition) is 1. The maximum absolute atomic E-state index is 12.2. The molecule has 2 aromatic rings. The van der Waals surface area contributed by atoms with Gasteiger partial charge in [-0.2, -0.15) is 0 Å². The molecular weight excluding hydrogens is 250 g/mol. The van der Waals surface area contributed by atoms with E-state index >= 15 is 0 Å². The Morgan fingerprint density at radius 3 is 2.65 bits per heavy atom. The second-order valence-electron chi connectivity index (χ2n) is 5.05. The molecule has 20 heavy (non-hydrogen) atoms. The van der Waals surface area contributed by atoms with Crippen LogP contribution in [0.3, 0.4) is 0 Å². The second kappa shape index (κ2) is 5.47. The SMILES string of the molecule is CC(OC(=O)c1ccc2c(c1)CNC2)c1ccccc1. The van der Waals surface area contributed by atoms with Crippen molar-refractivity contribution in [2.24, 2.45) is 0 Å². The standard InChI is InChI=1S/C17H17NO2/c1-12(13-5-3-2-4-6-13)20-17(19)14-7-8-15-10-18-11-16(15)9-14/h2-9,12,18H,10-11H2,1H3. The lowest BCUT2D eigenvalue weighted by Crippen LogP contribution is -2.09. The summed E-state index contributed by atoms with van der Waals surface area (Å²) in [6.45, 7) is 3.60. The minimum absolute atomic E-state index is 0.241. The summed E-state index contributed by atoms with van der Waals surface area (Å²) in [5, 5.41) is 3.27. The predicted molar refractivity (Wildman–Crippen MR) is 77.3 cm³/mol. The molecular formula is C17H17NO2. The maximum atomic E-state index is 12.2. The molecule has 0 radical (unpaired) electrons. The number of carbonyl (C=O) groups is 1. The zero-order valence-electron chi connectivity index (χ0n) is 11.4. The van der Waals surface area contributed by atoms with Gasteiger partial charge in [-0.3, -0.25) is 0 Å². The van der Waals surface area contributed by atoms with Crippen molar-refractivity contribution >= 4 is 5.97 Å². The lowest BCUT2D eigenvalue weighted by atomic mass is 10.1. The van der Waals surface area contributed by atoms with E-state index in [-0.39, 0.29) is 12.1 Å². The molecule has 1 aliphatic rings. The van der Waals surface area contributed by atoms with Crippen molar-refractivity contribution in [2.45, 2.75) is 26.1 Å². The fourth-order valence-electron chi connectivity index (χ4n) is 2.44. The number of carbonyl (C=O) groups excluding carboxylic acids is 1. The van der Waals surface area contributed by atoms with E-state index in [1.165, 1.54) is 11.1 Å². The van der Waals surface area contributed by atoms with Gasteiger partial charge in [-0.25, -0.2) is 4.79 Å². The Labute approximate surface area is 118 Å². The Kier molecular flexibility index (Phi) is 3.52. The largest absolute Gasteiger partial charge is 0.454 e. The van der Waals surface area contributed by atoms with Gasteiger partial charge in [0.15, 0.2) is 0 Å². The van der Waals surface area contributed by atoms with Crippen molar-refractivity contribution in [1.82, 2.24) is 5.32 Å². The lowest BCUT2D eigenvalue weighted by molar-refractivity contribution is 0.0338. The molecule has 3 rings (SSSR count). The van der Waals surface area contributed by atoms with Gasteiger partial charge in [0.2, 0.25) is 0 Å². The van der Waals surface area contributed by atoms with E-state index in [0.717, 1.165) is 18.7 Å². The van der Waals surface area contributed by atoms with Crippen LogP contribution in [0.25, 0.3) is 0 Å². The molecule has 1 atom stereocenters. The minimum atomic E-state index is -0.268. The van der Waals surface area contributed by atoms with Crippen molar-refractivity contribution in [2.75, 3.05) is 0 Å². The van der Waals surface area contributed by atoms with Gasteiger partial charge >= 0.3 is 5.97 Å². The van der Waals surface area contributed by atoms with Crippen LogP contribution in [0.2, 0.25) is 0 Å². The summed E-state index contributed by atoms with van der Waals surface area (Å²) in [4.78, 5) is 12.2. The van der Waals surface area contributed by atoms with Crippen molar-refractivity contribution < 1.29 is 9.53 Å². The lowest BCUT2D eigenvalue weighted by Gasteiger charge is -2.14. The first-order chi connectivity index (χ1) is 9.74. The van der Waals surface area contributed by atoms with Crippen LogP contribution in [0, 0.1) is 0 Å². The predicted octanol–water partition coefficient (Wildman–Crippen LogP) is 3.21. The third-order valence-electron chi connectivity index (χ3n) is 3.63. The highest BCUT2D eigenvalue weighted by Crippen LogP contribution is 2.21. The van der Waals surface area contributed by atoms with E-state index in [4.69, 9.17) is 4.74 Å². The van der Waals surface area contributed by atoms with Crippen LogP contribution in [0.5, 0.6) is 0 Å². The molecule has 0 saturated heterocycles. The van der Waals surface area contributed by atoms with Crippen molar-refractivity contribution in [3.63, 3.8) is 0 Å². The van der Waals surface area contributed by atoms with E-state index in [2.05, 4.69) is 5.32 Å². The third-order valence-corrected chi connectivity index (χ3v) is 3.63. The Hall–Kier alpha value is -2.13. The van der Waals surface area contributed by atoms with Crippen LogP contribution >= 0.6 is 0 Å². The maximum Gasteiger partial charge on any atom is 0.338 e. The average Bonchev–Trinajstić information content (AvgIpc) is 2.95. The van der Waals surface area contributed by atoms with Crippen LogP contribution in [0.4, 0.5) is 0 Å². The summed E-state index contributed by atoms with van der Waals surface area (Å²) in [6.07, 6.45) is -0.241. The molecule has 2 aromatic carbocycles. The van der Waals surface area contributed by atoms with Crippen molar-refractivity contribution in [3.05, 3.63) is 70.8 Å². The van der Waals surface area contributed by atoms with Crippen LogP contribution in [-0.4, -0.2) is 5.97 Å². The molecule has 0 saturated carbocycles. The summed E-state index contributed by atoms with van der Waals surface area (Å²) in [6, 6.07) is 15.5. The Morgan fingerprint density at radius 2 is 1.85 bits per heavy atom. The zero-order valence-corrected chi connectivity index (χ0v) is 11.4. The second-order valence-corrected chi connectivity index (χ2v) is 5.05. The molecule has 3 nitrogen and oxygen atoms in total. The number of fused-ring (bicyclic) bond motifs is 1. The molecule has 0 aliphatic carbocycles. The Balaban J connectivity index is 1.73. The van der Waals surface area contributed by atoms with Gasteiger partial charge < -0.3 is 10.1 Å². The molecule has 3 heteroatoms. The number of rotatable bonds is 3. The molecule has 102 valence electrons. The molecule has 0 bridgehead atoms. The Bertz CT molecular complexity index is 622. The van der Waals surface area contributed by atoms with Gasteiger partial charge in [-0.1, -0.05) is 36.4 Å². The van der Waals surface area contributed by atoms with E-state index in [9.17, 15) is 4.79 Å².